The first-order chi connectivity index (χ1) is 20.2. The number of primary sulfonamides is 1. The number of rotatable bonds is 8. The lowest BCUT2D eigenvalue weighted by atomic mass is 9.99. The van der Waals surface area contributed by atoms with Gasteiger partial charge >= 0.3 is 0 Å². The molecular formula is C28H30F2N6O5S2. The van der Waals surface area contributed by atoms with Gasteiger partial charge in [-0.1, -0.05) is 30.3 Å². The van der Waals surface area contributed by atoms with Crippen molar-refractivity contribution in [2.75, 3.05) is 24.7 Å². The van der Waals surface area contributed by atoms with Gasteiger partial charge < -0.3 is 5.32 Å². The van der Waals surface area contributed by atoms with E-state index in [2.05, 4.69) is 15.3 Å². The highest BCUT2D eigenvalue weighted by molar-refractivity contribution is 7.89. The lowest BCUT2D eigenvalue weighted by molar-refractivity contribution is 0.149. The first-order valence-corrected chi connectivity index (χ1v) is 16.7. The Hall–Kier alpha value is -3.79. The van der Waals surface area contributed by atoms with E-state index >= 15 is 0 Å². The van der Waals surface area contributed by atoms with Crippen molar-refractivity contribution in [2.24, 2.45) is 5.14 Å². The molecular weight excluding hydrogens is 602 g/mol. The molecule has 43 heavy (non-hydrogen) atoms. The largest absolute Gasteiger partial charge is 0.351 e. The van der Waals surface area contributed by atoms with Crippen LogP contribution in [-0.2, 0) is 26.6 Å². The van der Waals surface area contributed by atoms with E-state index in [9.17, 15) is 30.4 Å². The first kappa shape index (κ1) is 30.7. The minimum absolute atomic E-state index is 0.0240. The monoisotopic (exact) mass is 632 g/mol. The van der Waals surface area contributed by atoms with E-state index in [1.807, 2.05) is 6.92 Å². The van der Waals surface area contributed by atoms with Crippen LogP contribution in [0.2, 0.25) is 0 Å². The molecule has 11 nitrogen and oxygen atoms in total. The highest BCUT2D eigenvalue weighted by Crippen LogP contribution is 2.27. The van der Waals surface area contributed by atoms with E-state index in [0.29, 0.717) is 42.6 Å². The zero-order valence-electron chi connectivity index (χ0n) is 23.4. The Kier molecular flexibility index (Phi) is 8.35. The fourth-order valence-corrected chi connectivity index (χ4v) is 6.54. The van der Waals surface area contributed by atoms with Crippen LogP contribution >= 0.6 is 0 Å². The summed E-state index contributed by atoms with van der Waals surface area (Å²) < 4.78 is 77.5. The zero-order chi connectivity index (χ0) is 31.1. The van der Waals surface area contributed by atoms with Gasteiger partial charge in [0.05, 0.1) is 23.3 Å². The van der Waals surface area contributed by atoms with Gasteiger partial charge in [0.15, 0.2) is 0 Å². The van der Waals surface area contributed by atoms with Crippen LogP contribution in [0, 0.1) is 6.92 Å². The number of sulfonamides is 2. The molecule has 3 N–H and O–H groups in total. The summed E-state index contributed by atoms with van der Waals surface area (Å²) >= 11 is 0. The highest BCUT2D eigenvalue weighted by atomic mass is 32.2. The number of hydrogen-bond acceptors (Lipinski definition) is 8. The normalized spacial score (nSPS) is 15.3. The summed E-state index contributed by atoms with van der Waals surface area (Å²) in [6.45, 7) is 2.45. The van der Waals surface area contributed by atoms with Crippen molar-refractivity contribution in [2.45, 2.75) is 43.7 Å². The van der Waals surface area contributed by atoms with Crippen molar-refractivity contribution in [3.8, 4) is 11.1 Å². The molecule has 0 saturated carbocycles. The van der Waals surface area contributed by atoms with Gasteiger partial charge in [0.2, 0.25) is 26.0 Å². The van der Waals surface area contributed by atoms with E-state index in [1.54, 1.807) is 30.3 Å². The maximum absolute atomic E-state index is 13.8. The van der Waals surface area contributed by atoms with Crippen LogP contribution in [0.15, 0.2) is 64.4 Å². The zero-order valence-corrected chi connectivity index (χ0v) is 25.0. The molecule has 0 radical (unpaired) electrons. The molecule has 0 bridgehead atoms. The topological polar surface area (TPSA) is 157 Å². The summed E-state index contributed by atoms with van der Waals surface area (Å²) in [6.07, 6.45) is 0.593. The smallest absolute Gasteiger partial charge is 0.269 e. The molecule has 0 unspecified atom stereocenters. The molecule has 1 saturated heterocycles. The van der Waals surface area contributed by atoms with Gasteiger partial charge in [-0.15, -0.1) is 0 Å². The predicted octanol–water partition coefficient (Wildman–Crippen LogP) is 3.24. The molecule has 1 fully saturated rings. The molecule has 0 atom stereocenters. The third kappa shape index (κ3) is 6.74. The molecule has 5 rings (SSSR count). The Morgan fingerprint density at radius 1 is 1.05 bits per heavy atom. The SMILES string of the molecule is Cc1ccc(S(N)(=O)=O)cc1-c1ccc(Cn2c(=O)c(C(F)F)cc3cnc(NC4CCN(S(C)(=O)=O)CC4)nc32)cc1. The maximum Gasteiger partial charge on any atom is 0.269 e. The number of aromatic nitrogens is 3. The second-order valence-corrected chi connectivity index (χ2v) is 14.1. The van der Waals surface area contributed by atoms with Crippen LogP contribution in [0.4, 0.5) is 14.7 Å². The molecule has 3 heterocycles. The molecule has 0 amide bonds. The van der Waals surface area contributed by atoms with Gasteiger partial charge in [-0.05, 0) is 60.2 Å². The molecule has 0 aliphatic carbocycles. The van der Waals surface area contributed by atoms with Crippen LogP contribution in [0.5, 0.6) is 0 Å². The number of halogens is 2. The van der Waals surface area contributed by atoms with Gasteiger partial charge in [0.1, 0.15) is 5.65 Å². The molecule has 1 aliphatic heterocycles. The van der Waals surface area contributed by atoms with Crippen molar-refractivity contribution in [1.29, 1.82) is 0 Å². The summed E-state index contributed by atoms with van der Waals surface area (Å²) in [7, 11) is -7.19. The van der Waals surface area contributed by atoms with Gasteiger partial charge in [-0.3, -0.25) is 9.36 Å². The van der Waals surface area contributed by atoms with Crippen LogP contribution in [0.1, 0.15) is 36.0 Å². The summed E-state index contributed by atoms with van der Waals surface area (Å²) in [5, 5.41) is 8.73. The van der Waals surface area contributed by atoms with Gasteiger partial charge in [-0.2, -0.15) is 4.98 Å². The highest BCUT2D eigenvalue weighted by Gasteiger charge is 2.26. The standard InChI is InChI=1S/C28H30F2N6O5S2/c1-17-3-8-22(43(31,40)41)14-23(17)19-6-4-18(5-7-19)16-36-26-20(13-24(25(29)30)27(36)37)15-32-28(34-26)33-21-9-11-35(12-10-21)42(2,38)39/h3-8,13-15,21,25H,9-12,16H2,1-2H3,(H2,31,40,41)(H,32,33,34). The van der Waals surface area contributed by atoms with Crippen molar-refractivity contribution in [3.05, 3.63) is 81.8 Å². The molecule has 228 valence electrons. The minimum Gasteiger partial charge on any atom is -0.351 e. The summed E-state index contributed by atoms with van der Waals surface area (Å²) in [6, 6.07) is 12.5. The second-order valence-electron chi connectivity index (χ2n) is 10.6. The van der Waals surface area contributed by atoms with Crippen LogP contribution < -0.4 is 16.0 Å². The number of piperidine rings is 1. The number of hydrogen-bond donors (Lipinski definition) is 2. The van der Waals surface area contributed by atoms with E-state index in [1.165, 1.54) is 33.5 Å². The molecule has 2 aromatic heterocycles. The van der Waals surface area contributed by atoms with Crippen LogP contribution in [0.3, 0.4) is 0 Å². The first-order valence-electron chi connectivity index (χ1n) is 13.3. The number of nitrogens with two attached hydrogens (primary N) is 1. The molecule has 0 spiro atoms. The number of anilines is 1. The lowest BCUT2D eigenvalue weighted by Crippen LogP contribution is -2.42. The number of benzene rings is 2. The Bertz CT molecular complexity index is 1960. The van der Waals surface area contributed by atoms with E-state index in [4.69, 9.17) is 5.14 Å². The predicted molar refractivity (Wildman–Crippen MR) is 159 cm³/mol. The number of fused-ring (bicyclic) bond motifs is 1. The average Bonchev–Trinajstić information content (AvgIpc) is 2.94. The quantitative estimate of drug-likeness (QED) is 0.300. The van der Waals surface area contributed by atoms with E-state index in [0.717, 1.165) is 11.6 Å². The Morgan fingerprint density at radius 2 is 1.72 bits per heavy atom. The van der Waals surface area contributed by atoms with Crippen molar-refractivity contribution < 1.29 is 25.6 Å². The lowest BCUT2D eigenvalue weighted by Gasteiger charge is -2.30. The molecule has 15 heteroatoms. The van der Waals surface area contributed by atoms with Gasteiger partial charge in [-0.25, -0.2) is 40.0 Å². The fraction of sp³-hybridized carbons (Fsp3) is 0.321. The minimum atomic E-state index is -3.90. The van der Waals surface area contributed by atoms with Crippen LogP contribution in [-0.4, -0.2) is 61.1 Å². The van der Waals surface area contributed by atoms with Gasteiger partial charge in [0, 0.05) is 30.7 Å². The molecule has 1 aliphatic rings. The Labute approximate surface area is 247 Å². The number of pyridine rings is 1. The number of aryl methyl sites for hydroxylation is 1. The van der Waals surface area contributed by atoms with E-state index < -0.39 is 37.6 Å². The van der Waals surface area contributed by atoms with Crippen molar-refractivity contribution >= 4 is 37.0 Å². The third-order valence-corrected chi connectivity index (χ3v) is 9.70. The van der Waals surface area contributed by atoms with Crippen molar-refractivity contribution in [1.82, 2.24) is 18.8 Å². The second kappa shape index (κ2) is 11.7. The summed E-state index contributed by atoms with van der Waals surface area (Å²) in [4.78, 5) is 21.9. The summed E-state index contributed by atoms with van der Waals surface area (Å²) in [5.41, 5.74) is 1.44. The van der Waals surface area contributed by atoms with E-state index in [-0.39, 0.29) is 34.5 Å². The van der Waals surface area contributed by atoms with Crippen LogP contribution in [0.25, 0.3) is 22.2 Å². The number of nitrogens with zero attached hydrogens (tertiary/aromatic N) is 4. The molecule has 4 aromatic rings. The Morgan fingerprint density at radius 3 is 2.33 bits per heavy atom. The average molecular weight is 633 g/mol. The molecule has 2 aromatic carbocycles. The third-order valence-electron chi connectivity index (χ3n) is 7.49. The number of nitrogens with one attached hydrogen (secondary N) is 1. The Balaban J connectivity index is 1.46. The number of alkyl halides is 2. The maximum atomic E-state index is 13.8. The summed E-state index contributed by atoms with van der Waals surface area (Å²) in [5.74, 6) is 0.198. The van der Waals surface area contributed by atoms with Crippen molar-refractivity contribution in [3.63, 3.8) is 0 Å². The van der Waals surface area contributed by atoms with Gasteiger partial charge in [0.25, 0.3) is 12.0 Å². The fourth-order valence-electron chi connectivity index (χ4n) is 5.13.